The van der Waals surface area contributed by atoms with Crippen LogP contribution in [0.4, 0.5) is 0 Å². The monoisotopic (exact) mass is 322 g/mol. The lowest BCUT2D eigenvalue weighted by Gasteiger charge is -2.35. The fourth-order valence-corrected chi connectivity index (χ4v) is 5.24. The molecular weight excluding hydrogens is 300 g/mol. The van der Waals surface area contributed by atoms with Crippen molar-refractivity contribution in [3.63, 3.8) is 0 Å². The van der Waals surface area contributed by atoms with Crippen LogP contribution in [0.1, 0.15) is 37.3 Å². The van der Waals surface area contributed by atoms with Crippen molar-refractivity contribution in [2.24, 2.45) is 11.7 Å². The number of hydrogen-bond donors (Lipinski definition) is 1. The number of amides is 1. The van der Waals surface area contributed by atoms with Crippen molar-refractivity contribution in [2.45, 2.75) is 50.0 Å². The van der Waals surface area contributed by atoms with Crippen LogP contribution < -0.4 is 5.73 Å². The summed E-state index contributed by atoms with van der Waals surface area (Å²) in [5.74, 6) is -0.804. The van der Waals surface area contributed by atoms with Gasteiger partial charge in [-0.1, -0.05) is 6.07 Å². The number of carbonyl (C=O) groups is 1. The smallest absolute Gasteiger partial charge is 0.243 e. The van der Waals surface area contributed by atoms with E-state index in [1.165, 1.54) is 9.87 Å². The minimum Gasteiger partial charge on any atom is -0.369 e. The molecule has 2 atom stereocenters. The fourth-order valence-electron chi connectivity index (χ4n) is 3.49. The van der Waals surface area contributed by atoms with Gasteiger partial charge in [0.25, 0.3) is 0 Å². The number of piperidine rings is 1. The van der Waals surface area contributed by atoms with Gasteiger partial charge in [-0.25, -0.2) is 8.42 Å². The summed E-state index contributed by atoms with van der Waals surface area (Å²) in [6, 6.07) is 5.32. The number of benzene rings is 1. The number of aryl methyl sites for hydroxylation is 2. The van der Waals surface area contributed by atoms with E-state index in [9.17, 15) is 13.2 Å². The van der Waals surface area contributed by atoms with E-state index in [1.54, 1.807) is 12.1 Å². The van der Waals surface area contributed by atoms with E-state index in [4.69, 9.17) is 5.73 Å². The number of nitrogens with two attached hydrogens (primary N) is 1. The van der Waals surface area contributed by atoms with Gasteiger partial charge in [0.2, 0.25) is 15.9 Å². The lowest BCUT2D eigenvalue weighted by molar-refractivity contribution is -0.123. The van der Waals surface area contributed by atoms with Crippen molar-refractivity contribution in [3.8, 4) is 0 Å². The highest BCUT2D eigenvalue weighted by atomic mass is 32.2. The Morgan fingerprint density at radius 2 is 1.95 bits per heavy atom. The maximum absolute atomic E-state index is 12.9. The highest BCUT2D eigenvalue weighted by Crippen LogP contribution is 2.30. The first-order valence-corrected chi connectivity index (χ1v) is 9.26. The maximum atomic E-state index is 12.9. The quantitative estimate of drug-likeness (QED) is 0.914. The van der Waals surface area contributed by atoms with Crippen LogP contribution in [0.25, 0.3) is 0 Å². The molecule has 0 saturated carbocycles. The van der Waals surface area contributed by atoms with Crippen LogP contribution in [0.2, 0.25) is 0 Å². The molecule has 120 valence electrons. The second-order valence-corrected chi connectivity index (χ2v) is 8.28. The van der Waals surface area contributed by atoms with Crippen LogP contribution in [0, 0.1) is 5.92 Å². The summed E-state index contributed by atoms with van der Waals surface area (Å²) in [4.78, 5) is 11.8. The number of carbonyl (C=O) groups excluding carboxylic acids is 1. The van der Waals surface area contributed by atoms with Gasteiger partial charge >= 0.3 is 0 Å². The number of fused-ring (bicyclic) bond motifs is 1. The molecule has 1 saturated heterocycles. The molecule has 1 aliphatic heterocycles. The Morgan fingerprint density at radius 1 is 1.23 bits per heavy atom. The Morgan fingerprint density at radius 3 is 2.68 bits per heavy atom. The molecule has 1 heterocycles. The van der Waals surface area contributed by atoms with Gasteiger partial charge in [0.1, 0.15) is 0 Å². The molecule has 0 unspecified atom stereocenters. The zero-order chi connectivity index (χ0) is 15.9. The number of hydrogen-bond acceptors (Lipinski definition) is 3. The second kappa shape index (κ2) is 5.66. The Balaban J connectivity index is 1.92. The lowest BCUT2D eigenvalue weighted by atomic mass is 9.95. The van der Waals surface area contributed by atoms with Crippen LogP contribution in [-0.4, -0.2) is 31.2 Å². The predicted octanol–water partition coefficient (Wildman–Crippen LogP) is 1.45. The van der Waals surface area contributed by atoms with Gasteiger partial charge in [-0.05, 0) is 62.3 Å². The normalized spacial score (nSPS) is 25.9. The molecule has 2 aliphatic rings. The predicted molar refractivity (Wildman–Crippen MR) is 83.7 cm³/mol. The van der Waals surface area contributed by atoms with Crippen molar-refractivity contribution in [1.82, 2.24) is 4.31 Å². The summed E-state index contributed by atoms with van der Waals surface area (Å²) in [5, 5.41) is 0. The molecule has 1 aliphatic carbocycles. The Kier molecular flexibility index (Phi) is 3.99. The van der Waals surface area contributed by atoms with Crippen molar-refractivity contribution in [3.05, 3.63) is 29.3 Å². The summed E-state index contributed by atoms with van der Waals surface area (Å²) in [6.45, 7) is 2.08. The Hall–Kier alpha value is -1.40. The first-order chi connectivity index (χ1) is 10.4. The van der Waals surface area contributed by atoms with E-state index in [1.807, 2.05) is 13.0 Å². The summed E-state index contributed by atoms with van der Waals surface area (Å²) >= 11 is 0. The average Bonchev–Trinajstić information content (AvgIpc) is 2.94. The summed E-state index contributed by atoms with van der Waals surface area (Å²) in [7, 11) is -3.57. The molecule has 1 aromatic rings. The number of rotatable bonds is 3. The topological polar surface area (TPSA) is 80.5 Å². The number of primary amides is 1. The highest BCUT2D eigenvalue weighted by Gasteiger charge is 2.37. The van der Waals surface area contributed by atoms with Crippen LogP contribution in [0.5, 0.6) is 0 Å². The maximum Gasteiger partial charge on any atom is 0.243 e. The summed E-state index contributed by atoms with van der Waals surface area (Å²) < 4.78 is 27.3. The van der Waals surface area contributed by atoms with Crippen LogP contribution in [-0.2, 0) is 27.7 Å². The molecule has 5 nitrogen and oxygen atoms in total. The van der Waals surface area contributed by atoms with Gasteiger partial charge in [-0.15, -0.1) is 0 Å². The fraction of sp³-hybridized carbons (Fsp3) is 0.562. The van der Waals surface area contributed by atoms with Crippen molar-refractivity contribution < 1.29 is 13.2 Å². The van der Waals surface area contributed by atoms with E-state index < -0.39 is 15.9 Å². The first-order valence-electron chi connectivity index (χ1n) is 7.82. The molecule has 0 aromatic heterocycles. The number of nitrogens with zero attached hydrogens (tertiary/aromatic N) is 1. The zero-order valence-electron chi connectivity index (χ0n) is 12.8. The average molecular weight is 322 g/mol. The van der Waals surface area contributed by atoms with Crippen LogP contribution in [0.15, 0.2) is 23.1 Å². The minimum atomic E-state index is -3.57. The molecule has 0 bridgehead atoms. The molecule has 1 amide bonds. The van der Waals surface area contributed by atoms with E-state index >= 15 is 0 Å². The van der Waals surface area contributed by atoms with Gasteiger partial charge in [0.15, 0.2) is 0 Å². The summed E-state index contributed by atoms with van der Waals surface area (Å²) in [6.07, 6.45) is 4.38. The standard InChI is InChI=1S/C16H22N2O3S/c1-11-5-6-14(16(17)19)10-18(11)22(20,21)15-8-7-12-3-2-4-13(12)9-15/h7-9,11,14H,2-6,10H2,1H3,(H2,17,19)/t11-,14-/m1/s1. The molecule has 6 heteroatoms. The van der Waals surface area contributed by atoms with E-state index in [0.717, 1.165) is 24.8 Å². The first kappa shape index (κ1) is 15.5. The third-order valence-electron chi connectivity index (χ3n) is 4.90. The molecule has 22 heavy (non-hydrogen) atoms. The summed E-state index contributed by atoms with van der Waals surface area (Å²) in [5.41, 5.74) is 7.76. The van der Waals surface area contributed by atoms with E-state index in [2.05, 4.69) is 0 Å². The van der Waals surface area contributed by atoms with E-state index in [-0.39, 0.29) is 18.5 Å². The Labute approximate surface area is 131 Å². The third-order valence-corrected chi connectivity index (χ3v) is 6.88. The molecule has 1 aromatic carbocycles. The molecule has 2 N–H and O–H groups in total. The van der Waals surface area contributed by atoms with Crippen LogP contribution in [0.3, 0.4) is 0 Å². The van der Waals surface area contributed by atoms with Gasteiger partial charge in [-0.3, -0.25) is 4.79 Å². The van der Waals surface area contributed by atoms with Crippen molar-refractivity contribution in [1.29, 1.82) is 0 Å². The van der Waals surface area contributed by atoms with Gasteiger partial charge in [-0.2, -0.15) is 4.31 Å². The second-order valence-electron chi connectivity index (χ2n) is 6.38. The van der Waals surface area contributed by atoms with E-state index in [0.29, 0.717) is 17.7 Å². The molecule has 1 fully saturated rings. The SMILES string of the molecule is C[C@@H]1CC[C@@H](C(N)=O)CN1S(=O)(=O)c1ccc2c(c1)CCC2. The van der Waals surface area contributed by atoms with Gasteiger partial charge < -0.3 is 5.73 Å². The molecule has 0 spiro atoms. The van der Waals surface area contributed by atoms with Gasteiger partial charge in [0, 0.05) is 12.6 Å². The number of sulfonamides is 1. The molecular formula is C16H22N2O3S. The lowest BCUT2D eigenvalue weighted by Crippen LogP contribution is -2.48. The van der Waals surface area contributed by atoms with Crippen LogP contribution >= 0.6 is 0 Å². The largest absolute Gasteiger partial charge is 0.369 e. The molecule has 3 rings (SSSR count). The van der Waals surface area contributed by atoms with Crippen molar-refractivity contribution in [2.75, 3.05) is 6.54 Å². The van der Waals surface area contributed by atoms with Gasteiger partial charge in [0.05, 0.1) is 10.8 Å². The van der Waals surface area contributed by atoms with Crippen molar-refractivity contribution >= 4 is 15.9 Å². The molecule has 0 radical (unpaired) electrons. The zero-order valence-corrected chi connectivity index (χ0v) is 13.6. The third kappa shape index (κ3) is 2.65. The Bertz CT molecular complexity index is 699. The highest BCUT2D eigenvalue weighted by molar-refractivity contribution is 7.89. The minimum absolute atomic E-state index is 0.103.